The number of nitrogens with one attached hydrogen (secondary N) is 1. The lowest BCUT2D eigenvalue weighted by Crippen LogP contribution is -2.21. The van der Waals surface area contributed by atoms with E-state index in [0.29, 0.717) is 0 Å². The maximum Gasteiger partial charge on any atom is 0.0576 e. The van der Waals surface area contributed by atoms with E-state index in [9.17, 15) is 0 Å². The van der Waals surface area contributed by atoms with Crippen LogP contribution in [0.3, 0.4) is 0 Å². The van der Waals surface area contributed by atoms with E-state index in [1.54, 1.807) is 0 Å². The lowest BCUT2D eigenvalue weighted by molar-refractivity contribution is 0.293. The smallest absolute Gasteiger partial charge is 0.0576 e. The van der Waals surface area contributed by atoms with E-state index >= 15 is 0 Å². The highest BCUT2D eigenvalue weighted by Crippen LogP contribution is 2.30. The Morgan fingerprint density at radius 1 is 1.22 bits per heavy atom. The number of benzene rings is 1. The second kappa shape index (κ2) is 5.64. The van der Waals surface area contributed by atoms with Crippen LogP contribution in [0.1, 0.15) is 43.7 Å². The summed E-state index contributed by atoms with van der Waals surface area (Å²) in [5.74, 6) is 1.71. The van der Waals surface area contributed by atoms with Gasteiger partial charge < -0.3 is 11.1 Å². The number of rotatable bonds is 3. The number of hydrogen-bond acceptors (Lipinski definition) is 2. The zero-order valence-corrected chi connectivity index (χ0v) is 11.9. The Balaban J connectivity index is 1.95. The number of aryl methyl sites for hydroxylation is 2. The molecule has 2 heteroatoms. The predicted octanol–water partition coefficient (Wildman–Crippen LogP) is 4.12. The maximum atomic E-state index is 6.07. The first-order chi connectivity index (χ1) is 8.56. The van der Waals surface area contributed by atoms with Crippen LogP contribution < -0.4 is 11.1 Å². The van der Waals surface area contributed by atoms with Crippen molar-refractivity contribution in [2.75, 3.05) is 17.6 Å². The van der Waals surface area contributed by atoms with Gasteiger partial charge in [0.25, 0.3) is 0 Å². The third-order valence-corrected chi connectivity index (χ3v) is 4.29. The highest BCUT2D eigenvalue weighted by Gasteiger charge is 2.18. The molecule has 1 saturated carbocycles. The highest BCUT2D eigenvalue weighted by molar-refractivity contribution is 5.68. The lowest BCUT2D eigenvalue weighted by atomic mass is 9.82. The summed E-state index contributed by atoms with van der Waals surface area (Å²) in [5, 5.41) is 3.55. The quantitative estimate of drug-likeness (QED) is 0.787. The van der Waals surface area contributed by atoms with Crippen LogP contribution in [0, 0.1) is 25.7 Å². The molecule has 1 aliphatic rings. The third kappa shape index (κ3) is 3.18. The topological polar surface area (TPSA) is 38.0 Å². The largest absolute Gasteiger partial charge is 0.397 e. The van der Waals surface area contributed by atoms with Gasteiger partial charge in [-0.3, -0.25) is 0 Å². The molecule has 3 N–H and O–H groups in total. The van der Waals surface area contributed by atoms with Crippen molar-refractivity contribution in [1.29, 1.82) is 0 Å². The van der Waals surface area contributed by atoms with Crippen LogP contribution in [0.15, 0.2) is 12.1 Å². The first-order valence-corrected chi connectivity index (χ1v) is 7.17. The minimum absolute atomic E-state index is 0.815. The van der Waals surface area contributed by atoms with Crippen molar-refractivity contribution < 1.29 is 0 Å². The summed E-state index contributed by atoms with van der Waals surface area (Å²) in [6, 6.07) is 4.25. The van der Waals surface area contributed by atoms with E-state index in [4.69, 9.17) is 5.73 Å². The lowest BCUT2D eigenvalue weighted by Gasteiger charge is -2.27. The van der Waals surface area contributed by atoms with Gasteiger partial charge in [-0.1, -0.05) is 19.8 Å². The predicted molar refractivity (Wildman–Crippen MR) is 79.9 cm³/mol. The summed E-state index contributed by atoms with van der Waals surface area (Å²) >= 11 is 0. The average Bonchev–Trinajstić information content (AvgIpc) is 2.32. The van der Waals surface area contributed by atoms with Gasteiger partial charge in [0.2, 0.25) is 0 Å². The van der Waals surface area contributed by atoms with Gasteiger partial charge in [0, 0.05) is 6.54 Å². The Hall–Kier alpha value is -1.18. The van der Waals surface area contributed by atoms with E-state index < -0.39 is 0 Å². The summed E-state index contributed by atoms with van der Waals surface area (Å²) < 4.78 is 0. The molecule has 0 heterocycles. The molecule has 0 aromatic heterocycles. The second-order valence-corrected chi connectivity index (χ2v) is 6.04. The Morgan fingerprint density at radius 2 is 1.94 bits per heavy atom. The van der Waals surface area contributed by atoms with Crippen molar-refractivity contribution in [2.45, 2.75) is 46.5 Å². The summed E-state index contributed by atoms with van der Waals surface area (Å²) in [5.41, 5.74) is 10.6. The zero-order chi connectivity index (χ0) is 13.1. The molecule has 0 spiro atoms. The third-order valence-electron chi connectivity index (χ3n) is 4.29. The van der Waals surface area contributed by atoms with Gasteiger partial charge in [0.1, 0.15) is 0 Å². The molecule has 100 valence electrons. The van der Waals surface area contributed by atoms with Crippen LogP contribution in [-0.2, 0) is 0 Å². The monoisotopic (exact) mass is 246 g/mol. The minimum atomic E-state index is 0.815. The SMILES string of the molecule is Cc1cc(N)c(NCC2CCCC(C)C2)cc1C. The van der Waals surface area contributed by atoms with E-state index in [1.807, 2.05) is 0 Å². The van der Waals surface area contributed by atoms with Crippen molar-refractivity contribution in [1.82, 2.24) is 0 Å². The van der Waals surface area contributed by atoms with Gasteiger partial charge in [-0.2, -0.15) is 0 Å². The first-order valence-electron chi connectivity index (χ1n) is 7.17. The molecule has 2 unspecified atom stereocenters. The van der Waals surface area contributed by atoms with Crippen molar-refractivity contribution in [3.8, 4) is 0 Å². The molecule has 2 rings (SSSR count). The van der Waals surface area contributed by atoms with Crippen LogP contribution >= 0.6 is 0 Å². The molecule has 0 amide bonds. The minimum Gasteiger partial charge on any atom is -0.397 e. The summed E-state index contributed by atoms with van der Waals surface area (Å²) in [7, 11) is 0. The van der Waals surface area contributed by atoms with Crippen LogP contribution in [-0.4, -0.2) is 6.54 Å². The van der Waals surface area contributed by atoms with E-state index in [2.05, 4.69) is 38.2 Å². The molecule has 1 fully saturated rings. The number of nitrogen functional groups attached to an aromatic ring is 1. The number of anilines is 2. The van der Waals surface area contributed by atoms with Gasteiger partial charge in [0.05, 0.1) is 11.4 Å². The molecule has 0 radical (unpaired) electrons. The average molecular weight is 246 g/mol. The molecular formula is C16H26N2. The van der Waals surface area contributed by atoms with E-state index in [0.717, 1.165) is 29.8 Å². The number of nitrogens with two attached hydrogens (primary N) is 1. The van der Waals surface area contributed by atoms with E-state index in [-0.39, 0.29) is 0 Å². The second-order valence-electron chi connectivity index (χ2n) is 6.04. The maximum absolute atomic E-state index is 6.07. The van der Waals surface area contributed by atoms with Crippen LogP contribution in [0.4, 0.5) is 11.4 Å². The zero-order valence-electron chi connectivity index (χ0n) is 11.9. The molecule has 1 aliphatic carbocycles. The van der Waals surface area contributed by atoms with Gasteiger partial charge in [0.15, 0.2) is 0 Å². The summed E-state index contributed by atoms with van der Waals surface area (Å²) in [6.07, 6.45) is 5.51. The molecule has 0 aliphatic heterocycles. The number of hydrogen-bond donors (Lipinski definition) is 2. The molecule has 1 aromatic rings. The molecule has 2 nitrogen and oxygen atoms in total. The summed E-state index contributed by atoms with van der Waals surface area (Å²) in [6.45, 7) is 7.69. The summed E-state index contributed by atoms with van der Waals surface area (Å²) in [4.78, 5) is 0. The van der Waals surface area contributed by atoms with E-state index in [1.165, 1.54) is 36.8 Å². The molecule has 2 atom stereocenters. The van der Waals surface area contributed by atoms with Gasteiger partial charge in [-0.15, -0.1) is 0 Å². The van der Waals surface area contributed by atoms with Crippen molar-refractivity contribution >= 4 is 11.4 Å². The van der Waals surface area contributed by atoms with Gasteiger partial charge in [-0.25, -0.2) is 0 Å². The van der Waals surface area contributed by atoms with Crippen LogP contribution in [0.5, 0.6) is 0 Å². The van der Waals surface area contributed by atoms with Crippen molar-refractivity contribution in [2.24, 2.45) is 11.8 Å². The molecular weight excluding hydrogens is 220 g/mol. The van der Waals surface area contributed by atoms with Gasteiger partial charge in [-0.05, 0) is 61.8 Å². The fourth-order valence-electron chi connectivity index (χ4n) is 2.99. The Morgan fingerprint density at radius 3 is 2.67 bits per heavy atom. The molecule has 0 bridgehead atoms. The van der Waals surface area contributed by atoms with Crippen LogP contribution in [0.2, 0.25) is 0 Å². The Labute approximate surface area is 111 Å². The Bertz CT molecular complexity index is 412. The van der Waals surface area contributed by atoms with Crippen molar-refractivity contribution in [3.63, 3.8) is 0 Å². The van der Waals surface area contributed by atoms with Gasteiger partial charge >= 0.3 is 0 Å². The first kappa shape index (κ1) is 13.3. The standard InChI is InChI=1S/C16H26N2/c1-11-5-4-6-14(7-11)10-18-16-9-13(3)12(2)8-15(16)17/h8-9,11,14,18H,4-7,10,17H2,1-3H3. The molecule has 18 heavy (non-hydrogen) atoms. The van der Waals surface area contributed by atoms with Crippen LogP contribution in [0.25, 0.3) is 0 Å². The molecule has 1 aromatic carbocycles. The molecule has 0 saturated heterocycles. The fourth-order valence-corrected chi connectivity index (χ4v) is 2.99. The Kier molecular flexibility index (Phi) is 4.15. The highest BCUT2D eigenvalue weighted by atomic mass is 14.9. The fraction of sp³-hybridized carbons (Fsp3) is 0.625. The van der Waals surface area contributed by atoms with Crippen molar-refractivity contribution in [3.05, 3.63) is 23.3 Å². The normalized spacial score (nSPS) is 23.9.